The average Bonchev–Trinajstić information content (AvgIpc) is 3.56. The molecule has 1 spiro atoms. The number of hydrogen-bond donors (Lipinski definition) is 2. The quantitative estimate of drug-likeness (QED) is 0.353. The first-order valence-electron chi connectivity index (χ1n) is 14.9. The molecule has 4 N–H and O–H groups in total. The highest BCUT2D eigenvalue weighted by molar-refractivity contribution is 8.00. The maximum Gasteiger partial charge on any atom is 0.320 e. The van der Waals surface area contributed by atoms with E-state index in [0.717, 1.165) is 67.4 Å². The van der Waals surface area contributed by atoms with Crippen LogP contribution in [0.15, 0.2) is 18.3 Å². The lowest BCUT2D eigenvalue weighted by molar-refractivity contribution is 0.0231. The number of thiophene rings is 1. The van der Waals surface area contributed by atoms with E-state index in [0.29, 0.717) is 36.1 Å². The molecule has 0 amide bonds. The highest BCUT2D eigenvalue weighted by Crippen LogP contribution is 2.58. The van der Waals surface area contributed by atoms with Crippen LogP contribution in [0.1, 0.15) is 47.4 Å². The Bertz CT molecular complexity index is 1610. The first-order chi connectivity index (χ1) is 21.2. The second-order valence-corrected chi connectivity index (χ2v) is 14.8. The van der Waals surface area contributed by atoms with Gasteiger partial charge in [-0.1, -0.05) is 6.07 Å². The van der Waals surface area contributed by atoms with E-state index in [1.54, 1.807) is 29.9 Å². The van der Waals surface area contributed by atoms with Crippen LogP contribution in [-0.2, 0) is 15.2 Å². The first kappa shape index (κ1) is 29.3. The molecule has 0 aromatic carbocycles. The zero-order chi connectivity index (χ0) is 30.6. The largest absolute Gasteiger partial charge is 0.463 e. The molecule has 1 atom stereocenters. The number of ether oxygens (including phenoxy) is 2. The highest BCUT2D eigenvalue weighted by Gasteiger charge is 2.53. The second kappa shape index (κ2) is 11.2. The lowest BCUT2D eigenvalue weighted by Crippen LogP contribution is -2.57. The number of halogens is 1. The summed E-state index contributed by atoms with van der Waals surface area (Å²) < 4.78 is 28.0. The van der Waals surface area contributed by atoms with Gasteiger partial charge in [0.25, 0.3) is 0 Å². The van der Waals surface area contributed by atoms with Gasteiger partial charge in [-0.3, -0.25) is 4.90 Å². The molecular formula is C30H36FN9O2S2. The van der Waals surface area contributed by atoms with Gasteiger partial charge in [-0.15, -0.1) is 23.1 Å². The maximum absolute atomic E-state index is 16.5. The molecule has 4 aliphatic rings. The molecule has 3 aromatic heterocycles. The van der Waals surface area contributed by atoms with E-state index in [1.165, 1.54) is 11.3 Å². The topological polar surface area (TPSA) is 143 Å². The fourth-order valence-corrected chi connectivity index (χ4v) is 9.31. The van der Waals surface area contributed by atoms with E-state index < -0.39 is 5.82 Å². The predicted molar refractivity (Wildman–Crippen MR) is 171 cm³/mol. The number of fused-ring (bicyclic) bond motifs is 2. The number of morpholine rings is 1. The fraction of sp³-hybridized carbons (Fsp3) is 0.533. The van der Waals surface area contributed by atoms with Crippen LogP contribution in [0.4, 0.5) is 26.8 Å². The number of nitriles is 1. The Labute approximate surface area is 264 Å². The number of aromatic nitrogens is 3. The van der Waals surface area contributed by atoms with E-state index in [-0.39, 0.29) is 33.9 Å². The van der Waals surface area contributed by atoms with Crippen molar-refractivity contribution in [1.29, 1.82) is 5.26 Å². The first-order valence-corrected chi connectivity index (χ1v) is 16.7. The van der Waals surface area contributed by atoms with Gasteiger partial charge in [-0.2, -0.15) is 19.6 Å². The number of nitrogens with two attached hydrogens (primary N) is 2. The zero-order valence-electron chi connectivity index (χ0n) is 24.9. The summed E-state index contributed by atoms with van der Waals surface area (Å²) in [6.07, 6.45) is 3.78. The van der Waals surface area contributed by atoms with Gasteiger partial charge in [0.2, 0.25) is 5.82 Å². The molecule has 1 aliphatic carbocycles. The average molecular weight is 638 g/mol. The summed E-state index contributed by atoms with van der Waals surface area (Å²) in [4.78, 5) is 20.7. The van der Waals surface area contributed by atoms with Gasteiger partial charge in [0.05, 0.1) is 36.2 Å². The standard InChI is InChI=1S/C30H36FN9O2S2/c1-18(19-4-3-7-35-24(19)33)38(2)26-23(31)27(40-15-30(16-40)22-20(12-32)25(34)44-21(22)13-43-30)37-28(36-26)42-17-29(5-6-29)14-39-8-10-41-11-9-39/h3-4,7,18H,5-6,8-11,13-17,34H2,1-2H3,(H2,33,35)/t18-/m1/s1. The normalized spacial score (nSPS) is 20.5. The molecule has 3 fully saturated rings. The molecule has 232 valence electrons. The number of thioether (sulfide) groups is 1. The summed E-state index contributed by atoms with van der Waals surface area (Å²) in [5.74, 6) is 0.995. The molecule has 11 nitrogen and oxygen atoms in total. The minimum Gasteiger partial charge on any atom is -0.463 e. The van der Waals surface area contributed by atoms with Crippen LogP contribution in [0.5, 0.6) is 6.01 Å². The summed E-state index contributed by atoms with van der Waals surface area (Å²) in [5.41, 5.74) is 14.7. The number of hydrogen-bond acceptors (Lipinski definition) is 13. The Hall–Kier alpha value is -3.38. The van der Waals surface area contributed by atoms with Crippen LogP contribution in [0.2, 0.25) is 0 Å². The van der Waals surface area contributed by atoms with Crippen LogP contribution in [0.25, 0.3) is 0 Å². The van der Waals surface area contributed by atoms with Gasteiger partial charge in [0.1, 0.15) is 16.9 Å². The van der Waals surface area contributed by atoms with Crippen molar-refractivity contribution >= 4 is 45.6 Å². The Balaban J connectivity index is 1.17. The van der Waals surface area contributed by atoms with Gasteiger partial charge in [0.15, 0.2) is 11.6 Å². The van der Waals surface area contributed by atoms with Crippen molar-refractivity contribution in [2.24, 2.45) is 5.41 Å². The van der Waals surface area contributed by atoms with Crippen LogP contribution in [0.3, 0.4) is 0 Å². The molecule has 1 saturated carbocycles. The summed E-state index contributed by atoms with van der Waals surface area (Å²) in [7, 11) is 1.79. The van der Waals surface area contributed by atoms with Crippen molar-refractivity contribution in [2.75, 3.05) is 80.9 Å². The number of nitrogens with zero attached hydrogens (tertiary/aromatic N) is 7. The zero-order valence-corrected chi connectivity index (χ0v) is 26.5. The van der Waals surface area contributed by atoms with Gasteiger partial charge < -0.3 is 30.7 Å². The summed E-state index contributed by atoms with van der Waals surface area (Å²) in [5, 5.41) is 10.4. The van der Waals surface area contributed by atoms with Crippen LogP contribution in [0, 0.1) is 22.6 Å². The molecule has 14 heteroatoms. The van der Waals surface area contributed by atoms with Crippen molar-refractivity contribution in [3.8, 4) is 12.1 Å². The monoisotopic (exact) mass is 637 g/mol. The van der Waals surface area contributed by atoms with Crippen LogP contribution in [-0.4, -0.2) is 79.4 Å². The fourth-order valence-electron chi connectivity index (χ4n) is 6.50. The van der Waals surface area contributed by atoms with Gasteiger partial charge in [0, 0.05) is 73.1 Å². The van der Waals surface area contributed by atoms with Crippen molar-refractivity contribution < 1.29 is 13.9 Å². The third-order valence-corrected chi connectivity index (χ3v) is 12.1. The van der Waals surface area contributed by atoms with E-state index in [4.69, 9.17) is 20.9 Å². The second-order valence-electron chi connectivity index (χ2n) is 12.3. The number of pyridine rings is 1. The highest BCUT2D eigenvalue weighted by atomic mass is 32.2. The SMILES string of the molecule is C[C@H](c1cccnc1N)N(C)c1nc(OCC2(CN3CCOCC3)CC2)nc(N2CC3(C2)SCc2sc(N)c(C#N)c23)c1F. The molecule has 3 aromatic rings. The van der Waals surface area contributed by atoms with Gasteiger partial charge in [-0.05, 0) is 25.8 Å². The Kier molecular flexibility index (Phi) is 7.47. The Morgan fingerprint density at radius 1 is 1.25 bits per heavy atom. The minimum absolute atomic E-state index is 0.0447. The molecule has 6 heterocycles. The van der Waals surface area contributed by atoms with Crippen molar-refractivity contribution in [1.82, 2.24) is 19.9 Å². The van der Waals surface area contributed by atoms with Crippen molar-refractivity contribution in [3.63, 3.8) is 0 Å². The third kappa shape index (κ3) is 5.09. The molecule has 44 heavy (non-hydrogen) atoms. The van der Waals surface area contributed by atoms with Crippen LogP contribution >= 0.6 is 23.1 Å². The minimum atomic E-state index is -0.521. The summed E-state index contributed by atoms with van der Waals surface area (Å²) in [6.45, 7) is 7.71. The molecule has 3 aliphatic heterocycles. The van der Waals surface area contributed by atoms with Gasteiger partial charge in [-0.25, -0.2) is 4.98 Å². The van der Waals surface area contributed by atoms with Gasteiger partial charge >= 0.3 is 6.01 Å². The van der Waals surface area contributed by atoms with E-state index in [9.17, 15) is 5.26 Å². The summed E-state index contributed by atoms with van der Waals surface area (Å²) >= 11 is 3.27. The lowest BCUT2D eigenvalue weighted by Gasteiger charge is -2.48. The molecule has 2 saturated heterocycles. The third-order valence-electron chi connectivity index (χ3n) is 9.41. The molecule has 0 bridgehead atoms. The maximum atomic E-state index is 16.5. The van der Waals surface area contributed by atoms with E-state index in [1.807, 2.05) is 24.0 Å². The Morgan fingerprint density at radius 2 is 2.02 bits per heavy atom. The number of anilines is 4. The Morgan fingerprint density at radius 3 is 2.73 bits per heavy atom. The smallest absolute Gasteiger partial charge is 0.320 e. The molecular weight excluding hydrogens is 602 g/mol. The number of nitrogen functional groups attached to an aromatic ring is 2. The predicted octanol–water partition coefficient (Wildman–Crippen LogP) is 3.76. The van der Waals surface area contributed by atoms with Crippen LogP contribution < -0.4 is 26.0 Å². The van der Waals surface area contributed by atoms with Crippen molar-refractivity contribution in [2.45, 2.75) is 36.3 Å². The summed E-state index contributed by atoms with van der Waals surface area (Å²) in [6, 6.07) is 5.84. The number of rotatable bonds is 9. The molecule has 0 unspecified atom stereocenters. The van der Waals surface area contributed by atoms with E-state index >= 15 is 4.39 Å². The molecule has 0 radical (unpaired) electrons. The lowest BCUT2D eigenvalue weighted by atomic mass is 9.88. The van der Waals surface area contributed by atoms with E-state index in [2.05, 4.69) is 25.9 Å². The van der Waals surface area contributed by atoms with Crippen molar-refractivity contribution in [3.05, 3.63) is 45.7 Å². The molecule has 7 rings (SSSR count).